The molecule has 0 spiro atoms. The Hall–Kier alpha value is -2.01. The van der Waals surface area contributed by atoms with Crippen molar-refractivity contribution in [2.75, 3.05) is 12.9 Å². The predicted octanol–water partition coefficient (Wildman–Crippen LogP) is 2.82. The van der Waals surface area contributed by atoms with Crippen molar-refractivity contribution in [3.05, 3.63) is 59.9 Å². The highest BCUT2D eigenvalue weighted by Gasteiger charge is 2.13. The maximum atomic E-state index is 13.0. The van der Waals surface area contributed by atoms with Gasteiger partial charge in [0, 0.05) is 10.5 Å². The van der Waals surface area contributed by atoms with Gasteiger partial charge in [-0.05, 0) is 42.5 Å². The van der Waals surface area contributed by atoms with Crippen LogP contribution in [0.1, 0.15) is 10.4 Å². The zero-order chi connectivity index (χ0) is 14.5. The largest absolute Gasteiger partial charge is 0.497 e. The highest BCUT2D eigenvalue weighted by molar-refractivity contribution is 7.85. The molecule has 0 aromatic heterocycles. The standard InChI is InChI=1S/C15H13FO3S/c1-19-13-7-5-11(6-8-13)15(17)10-20(18)14-4-2-3-12(16)9-14/h2-9H,10H2,1H3. The second-order valence-electron chi connectivity index (χ2n) is 4.10. The fourth-order valence-corrected chi connectivity index (χ4v) is 2.72. The first-order valence-corrected chi connectivity index (χ1v) is 7.23. The molecule has 104 valence electrons. The molecule has 2 rings (SSSR count). The molecule has 2 aromatic rings. The second kappa shape index (κ2) is 6.43. The number of rotatable bonds is 5. The first kappa shape index (κ1) is 14.4. The van der Waals surface area contributed by atoms with E-state index in [9.17, 15) is 13.4 Å². The van der Waals surface area contributed by atoms with E-state index in [1.54, 1.807) is 30.3 Å². The van der Waals surface area contributed by atoms with Crippen molar-refractivity contribution in [1.82, 2.24) is 0 Å². The summed E-state index contributed by atoms with van der Waals surface area (Å²) in [6.45, 7) is 0. The minimum atomic E-state index is -1.55. The molecular weight excluding hydrogens is 279 g/mol. The van der Waals surface area contributed by atoms with Crippen molar-refractivity contribution in [2.45, 2.75) is 4.90 Å². The van der Waals surface area contributed by atoms with Crippen molar-refractivity contribution in [1.29, 1.82) is 0 Å². The zero-order valence-electron chi connectivity index (χ0n) is 10.8. The van der Waals surface area contributed by atoms with Crippen LogP contribution in [0.25, 0.3) is 0 Å². The molecule has 0 bridgehead atoms. The Balaban J connectivity index is 2.08. The predicted molar refractivity (Wildman–Crippen MR) is 75.0 cm³/mol. The molecule has 0 amide bonds. The van der Waals surface area contributed by atoms with Gasteiger partial charge in [0.1, 0.15) is 11.6 Å². The number of carbonyl (C=O) groups excluding carboxylic acids is 1. The summed E-state index contributed by atoms with van der Waals surface area (Å²) in [6.07, 6.45) is 0. The van der Waals surface area contributed by atoms with Gasteiger partial charge in [-0.1, -0.05) is 6.07 Å². The Labute approximate surface area is 118 Å². The van der Waals surface area contributed by atoms with Gasteiger partial charge in [0.05, 0.1) is 23.7 Å². The highest BCUT2D eigenvalue weighted by Crippen LogP contribution is 2.14. The van der Waals surface area contributed by atoms with Crippen molar-refractivity contribution in [3.63, 3.8) is 0 Å². The number of halogens is 1. The van der Waals surface area contributed by atoms with Crippen molar-refractivity contribution in [2.24, 2.45) is 0 Å². The van der Waals surface area contributed by atoms with Gasteiger partial charge >= 0.3 is 0 Å². The molecular formula is C15H13FO3S. The van der Waals surface area contributed by atoms with Crippen LogP contribution in [-0.4, -0.2) is 22.9 Å². The van der Waals surface area contributed by atoms with Crippen LogP contribution in [0.4, 0.5) is 4.39 Å². The quantitative estimate of drug-likeness (QED) is 0.796. The number of Topliss-reactive ketones (excluding diaryl/α,β-unsaturated/α-hetero) is 1. The minimum absolute atomic E-state index is 0.171. The van der Waals surface area contributed by atoms with Gasteiger partial charge in [-0.25, -0.2) is 4.39 Å². The van der Waals surface area contributed by atoms with E-state index in [4.69, 9.17) is 4.74 Å². The van der Waals surface area contributed by atoms with E-state index in [-0.39, 0.29) is 11.5 Å². The number of carbonyl (C=O) groups is 1. The molecule has 1 unspecified atom stereocenters. The first-order chi connectivity index (χ1) is 9.60. The number of ketones is 1. The Morgan fingerprint density at radius 1 is 1.20 bits per heavy atom. The lowest BCUT2D eigenvalue weighted by molar-refractivity contribution is 0.102. The molecule has 20 heavy (non-hydrogen) atoms. The monoisotopic (exact) mass is 292 g/mol. The van der Waals surface area contributed by atoms with Crippen molar-refractivity contribution >= 4 is 16.6 Å². The van der Waals surface area contributed by atoms with Gasteiger partial charge in [0.2, 0.25) is 0 Å². The van der Waals surface area contributed by atoms with E-state index >= 15 is 0 Å². The van der Waals surface area contributed by atoms with Crippen LogP contribution in [0.3, 0.4) is 0 Å². The molecule has 0 fully saturated rings. The third-order valence-electron chi connectivity index (χ3n) is 2.73. The fourth-order valence-electron chi connectivity index (χ4n) is 1.67. The molecule has 0 aliphatic rings. The second-order valence-corrected chi connectivity index (χ2v) is 5.55. The number of hydrogen-bond acceptors (Lipinski definition) is 3. The van der Waals surface area contributed by atoms with Gasteiger partial charge in [0.15, 0.2) is 5.78 Å². The van der Waals surface area contributed by atoms with Crippen LogP contribution in [0.5, 0.6) is 5.75 Å². The van der Waals surface area contributed by atoms with Crippen LogP contribution in [-0.2, 0) is 10.8 Å². The van der Waals surface area contributed by atoms with Crippen molar-refractivity contribution in [3.8, 4) is 5.75 Å². The van der Waals surface area contributed by atoms with E-state index in [0.29, 0.717) is 16.2 Å². The topological polar surface area (TPSA) is 43.4 Å². The zero-order valence-corrected chi connectivity index (χ0v) is 11.7. The Morgan fingerprint density at radius 2 is 1.90 bits per heavy atom. The van der Waals surface area contributed by atoms with Gasteiger partial charge in [-0.15, -0.1) is 0 Å². The third kappa shape index (κ3) is 3.51. The normalized spacial score (nSPS) is 11.9. The van der Waals surface area contributed by atoms with Gasteiger partial charge in [0.25, 0.3) is 0 Å². The van der Waals surface area contributed by atoms with Crippen molar-refractivity contribution < 1.29 is 18.1 Å². The van der Waals surface area contributed by atoms with Gasteiger partial charge in [-0.2, -0.15) is 0 Å². The lowest BCUT2D eigenvalue weighted by Crippen LogP contribution is -2.11. The molecule has 0 heterocycles. The summed E-state index contributed by atoms with van der Waals surface area (Å²) in [4.78, 5) is 12.3. The summed E-state index contributed by atoms with van der Waals surface area (Å²) in [6, 6.07) is 12.0. The minimum Gasteiger partial charge on any atom is -0.497 e. The molecule has 0 aliphatic carbocycles. The van der Waals surface area contributed by atoms with Gasteiger partial charge in [-0.3, -0.25) is 9.00 Å². The molecule has 0 N–H and O–H groups in total. The molecule has 1 atom stereocenters. The molecule has 0 aliphatic heterocycles. The smallest absolute Gasteiger partial charge is 0.175 e. The summed E-state index contributed by atoms with van der Waals surface area (Å²) in [7, 11) is -0.0147. The summed E-state index contributed by atoms with van der Waals surface area (Å²) < 4.78 is 30.0. The first-order valence-electron chi connectivity index (χ1n) is 5.91. The highest BCUT2D eigenvalue weighted by atomic mass is 32.2. The summed E-state index contributed by atoms with van der Waals surface area (Å²) in [5.41, 5.74) is 0.454. The molecule has 2 aromatic carbocycles. The SMILES string of the molecule is COc1ccc(C(=O)CS(=O)c2cccc(F)c2)cc1. The number of methoxy groups -OCH3 is 1. The van der Waals surface area contributed by atoms with E-state index < -0.39 is 16.6 Å². The van der Waals surface area contributed by atoms with Crippen LogP contribution in [0, 0.1) is 5.82 Å². The molecule has 3 nitrogen and oxygen atoms in total. The number of hydrogen-bond donors (Lipinski definition) is 0. The molecule has 0 saturated carbocycles. The van der Waals surface area contributed by atoms with Crippen LogP contribution in [0.15, 0.2) is 53.4 Å². The van der Waals surface area contributed by atoms with Crippen LogP contribution >= 0.6 is 0 Å². The Kier molecular flexibility index (Phi) is 4.63. The lowest BCUT2D eigenvalue weighted by atomic mass is 10.1. The van der Waals surface area contributed by atoms with E-state index in [1.165, 1.54) is 25.3 Å². The van der Waals surface area contributed by atoms with E-state index in [1.807, 2.05) is 0 Å². The number of ether oxygens (including phenoxy) is 1. The van der Waals surface area contributed by atoms with E-state index in [0.717, 1.165) is 0 Å². The third-order valence-corrected chi connectivity index (χ3v) is 4.04. The Bertz CT molecular complexity index is 638. The summed E-state index contributed by atoms with van der Waals surface area (Å²) >= 11 is 0. The summed E-state index contributed by atoms with van der Waals surface area (Å²) in [5.74, 6) is -0.244. The van der Waals surface area contributed by atoms with E-state index in [2.05, 4.69) is 0 Å². The molecule has 0 saturated heterocycles. The van der Waals surface area contributed by atoms with Crippen LogP contribution in [0.2, 0.25) is 0 Å². The molecule has 0 radical (unpaired) electrons. The maximum absolute atomic E-state index is 13.0. The van der Waals surface area contributed by atoms with Gasteiger partial charge < -0.3 is 4.74 Å². The average molecular weight is 292 g/mol. The molecule has 5 heteroatoms. The lowest BCUT2D eigenvalue weighted by Gasteiger charge is -2.04. The fraction of sp³-hybridized carbons (Fsp3) is 0.133. The average Bonchev–Trinajstić information content (AvgIpc) is 2.47. The van der Waals surface area contributed by atoms with Crippen LogP contribution < -0.4 is 4.74 Å². The summed E-state index contributed by atoms with van der Waals surface area (Å²) in [5, 5.41) is 0. The maximum Gasteiger partial charge on any atom is 0.175 e. The number of benzene rings is 2. The Morgan fingerprint density at radius 3 is 2.50 bits per heavy atom.